The van der Waals surface area contributed by atoms with Gasteiger partial charge in [-0.25, -0.2) is 4.39 Å². The number of carbonyl (C=O) groups is 2. The fourth-order valence-corrected chi connectivity index (χ4v) is 4.27. The van der Waals surface area contributed by atoms with Gasteiger partial charge >= 0.3 is 0 Å². The average molecular weight is 420 g/mol. The van der Waals surface area contributed by atoms with Gasteiger partial charge in [0.25, 0.3) is 5.91 Å². The summed E-state index contributed by atoms with van der Waals surface area (Å²) >= 11 is 0. The lowest BCUT2D eigenvalue weighted by molar-refractivity contribution is -0.128. The van der Waals surface area contributed by atoms with E-state index in [1.807, 2.05) is 44.2 Å². The number of hydrogen-bond donors (Lipinski definition) is 1. The van der Waals surface area contributed by atoms with Gasteiger partial charge in [-0.15, -0.1) is 0 Å². The zero-order valence-electron chi connectivity index (χ0n) is 17.8. The van der Waals surface area contributed by atoms with Crippen LogP contribution in [-0.4, -0.2) is 34.4 Å². The minimum absolute atomic E-state index is 0.118. The smallest absolute Gasteiger partial charge is 0.253 e. The molecule has 160 valence electrons. The van der Waals surface area contributed by atoms with Crippen molar-refractivity contribution in [3.05, 3.63) is 89.0 Å². The van der Waals surface area contributed by atoms with Gasteiger partial charge in [-0.3, -0.25) is 9.59 Å². The number of aromatic nitrogens is 1. The van der Waals surface area contributed by atoms with Crippen LogP contribution in [-0.2, 0) is 4.79 Å². The highest BCUT2D eigenvalue weighted by molar-refractivity contribution is 5.96. The van der Waals surface area contributed by atoms with Crippen molar-refractivity contribution in [1.29, 1.82) is 0 Å². The molecular formula is C25H26FN3O2. The highest BCUT2D eigenvalue weighted by Gasteiger charge is 2.27. The minimum atomic E-state index is -0.342. The number of nitrogens with zero attached hydrogens (tertiary/aromatic N) is 2. The second-order valence-corrected chi connectivity index (χ2v) is 7.95. The third-order valence-electron chi connectivity index (χ3n) is 5.85. The molecule has 31 heavy (non-hydrogen) atoms. The van der Waals surface area contributed by atoms with E-state index in [9.17, 15) is 14.0 Å². The Balaban J connectivity index is 1.63. The van der Waals surface area contributed by atoms with E-state index in [0.29, 0.717) is 36.5 Å². The van der Waals surface area contributed by atoms with Crippen molar-refractivity contribution in [3.63, 3.8) is 0 Å². The second-order valence-electron chi connectivity index (χ2n) is 7.95. The Hall–Kier alpha value is -3.41. The average Bonchev–Trinajstić information content (AvgIpc) is 3.30. The van der Waals surface area contributed by atoms with E-state index >= 15 is 0 Å². The molecule has 0 radical (unpaired) electrons. The van der Waals surface area contributed by atoms with Crippen molar-refractivity contribution in [1.82, 2.24) is 14.8 Å². The van der Waals surface area contributed by atoms with Crippen LogP contribution in [0.2, 0.25) is 0 Å². The lowest BCUT2D eigenvalue weighted by Crippen LogP contribution is -2.38. The van der Waals surface area contributed by atoms with E-state index in [0.717, 1.165) is 17.7 Å². The predicted octanol–water partition coefficient (Wildman–Crippen LogP) is 4.33. The maximum absolute atomic E-state index is 14.4. The quantitative estimate of drug-likeness (QED) is 0.647. The summed E-state index contributed by atoms with van der Waals surface area (Å²) in [5, 5.41) is 3.10. The highest BCUT2D eigenvalue weighted by atomic mass is 19.1. The topological polar surface area (TPSA) is 54.3 Å². The van der Waals surface area contributed by atoms with Crippen molar-refractivity contribution in [2.24, 2.45) is 0 Å². The summed E-state index contributed by atoms with van der Waals surface area (Å²) < 4.78 is 16.1. The molecule has 1 aromatic heterocycles. The van der Waals surface area contributed by atoms with Gasteiger partial charge in [-0.05, 0) is 44.0 Å². The normalized spacial score (nSPS) is 14.7. The van der Waals surface area contributed by atoms with Gasteiger partial charge < -0.3 is 14.8 Å². The van der Waals surface area contributed by atoms with Gasteiger partial charge in [0.05, 0.1) is 17.3 Å². The molecule has 4 rings (SSSR count). The summed E-state index contributed by atoms with van der Waals surface area (Å²) in [7, 11) is 0. The fraction of sp³-hybridized carbons (Fsp3) is 0.280. The number of halogens is 1. The molecule has 6 heteroatoms. The van der Waals surface area contributed by atoms with Gasteiger partial charge in [0.1, 0.15) is 5.82 Å². The summed E-state index contributed by atoms with van der Waals surface area (Å²) in [4.78, 5) is 27.2. The third kappa shape index (κ3) is 4.24. The molecule has 5 nitrogen and oxygen atoms in total. The van der Waals surface area contributed by atoms with Crippen LogP contribution >= 0.6 is 0 Å². The summed E-state index contributed by atoms with van der Waals surface area (Å²) in [6, 6.07) is 17.6. The molecule has 0 spiro atoms. The van der Waals surface area contributed by atoms with Crippen LogP contribution in [0.4, 0.5) is 4.39 Å². The van der Waals surface area contributed by atoms with E-state index in [4.69, 9.17) is 0 Å². The molecule has 1 saturated heterocycles. The zero-order chi connectivity index (χ0) is 22.0. The minimum Gasteiger partial charge on any atom is -0.343 e. The van der Waals surface area contributed by atoms with Crippen LogP contribution in [0, 0.1) is 19.7 Å². The Morgan fingerprint density at radius 2 is 1.81 bits per heavy atom. The molecule has 0 bridgehead atoms. The monoisotopic (exact) mass is 419 g/mol. The Morgan fingerprint density at radius 1 is 1.10 bits per heavy atom. The SMILES string of the molecule is Cc1cc(C(=O)NC(CN2CCCC2=O)c2ccccc2)c(C)n1-c1ccccc1F. The molecule has 0 saturated carbocycles. The molecule has 1 aliphatic heterocycles. The number of amides is 2. The van der Waals surface area contributed by atoms with Crippen molar-refractivity contribution >= 4 is 11.8 Å². The molecule has 1 atom stereocenters. The maximum Gasteiger partial charge on any atom is 0.253 e. The molecule has 2 amide bonds. The fourth-order valence-electron chi connectivity index (χ4n) is 4.27. The van der Waals surface area contributed by atoms with Gasteiger partial charge in [-0.2, -0.15) is 0 Å². The van der Waals surface area contributed by atoms with E-state index < -0.39 is 0 Å². The standard InChI is InChI=1S/C25H26FN3O2/c1-17-15-20(18(2)29(17)23-12-7-6-11-21(23)26)25(31)27-22(19-9-4-3-5-10-19)16-28-14-8-13-24(28)30/h3-7,9-12,15,22H,8,13-14,16H2,1-2H3,(H,27,31). The number of nitrogens with one attached hydrogen (secondary N) is 1. The first kappa shape index (κ1) is 20.8. The van der Waals surface area contributed by atoms with Crippen LogP contribution in [0.15, 0.2) is 60.7 Å². The Kier molecular flexibility index (Phi) is 5.89. The largest absolute Gasteiger partial charge is 0.343 e. The Bertz CT molecular complexity index is 1110. The molecular weight excluding hydrogens is 393 g/mol. The first-order chi connectivity index (χ1) is 15.0. The maximum atomic E-state index is 14.4. The first-order valence-corrected chi connectivity index (χ1v) is 10.5. The lowest BCUT2D eigenvalue weighted by atomic mass is 10.1. The summed E-state index contributed by atoms with van der Waals surface area (Å²) in [5.41, 5.74) is 3.30. The Labute approximate surface area is 181 Å². The summed E-state index contributed by atoms with van der Waals surface area (Å²) in [6.07, 6.45) is 1.40. The Morgan fingerprint density at radius 3 is 2.48 bits per heavy atom. The predicted molar refractivity (Wildman–Crippen MR) is 118 cm³/mol. The van der Waals surface area contributed by atoms with Crippen LogP contribution in [0.25, 0.3) is 5.69 Å². The third-order valence-corrected chi connectivity index (χ3v) is 5.85. The van der Waals surface area contributed by atoms with Crippen LogP contribution in [0.1, 0.15) is 46.2 Å². The van der Waals surface area contributed by atoms with Gasteiger partial charge in [0.2, 0.25) is 5.91 Å². The van der Waals surface area contributed by atoms with Crippen LogP contribution in [0.5, 0.6) is 0 Å². The highest BCUT2D eigenvalue weighted by Crippen LogP contribution is 2.24. The van der Waals surface area contributed by atoms with Crippen molar-refractivity contribution in [2.45, 2.75) is 32.7 Å². The van der Waals surface area contributed by atoms with Crippen molar-refractivity contribution < 1.29 is 14.0 Å². The van der Waals surface area contributed by atoms with E-state index in [2.05, 4.69) is 5.32 Å². The molecule has 2 heterocycles. The molecule has 0 aliphatic carbocycles. The molecule has 1 N–H and O–H groups in total. The molecule has 1 unspecified atom stereocenters. The van der Waals surface area contributed by atoms with Gasteiger partial charge in [-0.1, -0.05) is 42.5 Å². The summed E-state index contributed by atoms with van der Waals surface area (Å²) in [6.45, 7) is 4.81. The molecule has 2 aromatic carbocycles. The number of likely N-dealkylation sites (tertiary alicyclic amines) is 1. The zero-order valence-corrected chi connectivity index (χ0v) is 17.8. The van der Waals surface area contributed by atoms with E-state index in [-0.39, 0.29) is 23.7 Å². The second kappa shape index (κ2) is 8.76. The number of benzene rings is 2. The first-order valence-electron chi connectivity index (χ1n) is 10.5. The van der Waals surface area contributed by atoms with Crippen LogP contribution < -0.4 is 5.32 Å². The molecule has 1 fully saturated rings. The van der Waals surface area contributed by atoms with Gasteiger partial charge in [0, 0.05) is 30.9 Å². The number of hydrogen-bond acceptors (Lipinski definition) is 2. The van der Waals surface area contributed by atoms with Crippen LogP contribution in [0.3, 0.4) is 0 Å². The van der Waals surface area contributed by atoms with Crippen molar-refractivity contribution in [2.75, 3.05) is 13.1 Å². The van der Waals surface area contributed by atoms with Crippen molar-refractivity contribution in [3.8, 4) is 5.69 Å². The number of para-hydroxylation sites is 1. The molecule has 3 aromatic rings. The van der Waals surface area contributed by atoms with Gasteiger partial charge in [0.15, 0.2) is 0 Å². The number of carbonyl (C=O) groups excluding carboxylic acids is 2. The van der Waals surface area contributed by atoms with E-state index in [1.54, 1.807) is 33.7 Å². The number of aryl methyl sites for hydroxylation is 1. The van der Waals surface area contributed by atoms with E-state index in [1.165, 1.54) is 6.07 Å². The number of rotatable bonds is 6. The lowest BCUT2D eigenvalue weighted by Gasteiger charge is -2.25. The summed E-state index contributed by atoms with van der Waals surface area (Å²) in [5.74, 6) is -0.463. The molecule has 1 aliphatic rings.